The second-order valence-corrected chi connectivity index (χ2v) is 12.8. The van der Waals surface area contributed by atoms with Gasteiger partial charge in [-0.25, -0.2) is 24.8 Å². The normalized spacial score (nSPS) is 10.3. The van der Waals surface area contributed by atoms with E-state index in [0.29, 0.717) is 19.8 Å². The molecule has 0 heterocycles. The Hall–Kier alpha value is -0.211. The van der Waals surface area contributed by atoms with Gasteiger partial charge in [0.25, 0.3) is 0 Å². The first-order valence-corrected chi connectivity index (χ1v) is 14.9. The van der Waals surface area contributed by atoms with Crippen LogP contribution in [-0.4, -0.2) is 127 Å². The number of methoxy groups -OCH3 is 3. The largest absolute Gasteiger partial charge is 4.00 e. The van der Waals surface area contributed by atoms with E-state index in [2.05, 4.69) is 129 Å². The third-order valence-electron chi connectivity index (χ3n) is 2.87. The van der Waals surface area contributed by atoms with Crippen molar-refractivity contribution in [3.63, 3.8) is 0 Å². The van der Waals surface area contributed by atoms with Crippen molar-refractivity contribution in [2.24, 2.45) is 0 Å². The molecular formula is C33H76N6O6Ti2. The van der Waals surface area contributed by atoms with Crippen molar-refractivity contribution in [1.29, 1.82) is 0 Å². The zero-order chi connectivity index (χ0) is 37.4. The van der Waals surface area contributed by atoms with Gasteiger partial charge in [-0.3, -0.25) is 0 Å². The second-order valence-electron chi connectivity index (χ2n) is 12.8. The molecule has 3 N–H and O–H groups in total. The Bertz CT molecular complexity index is 470. The number of rotatable bonds is 10. The zero-order valence-corrected chi connectivity index (χ0v) is 36.9. The third-order valence-corrected chi connectivity index (χ3v) is 2.87. The number of nitrogens with zero attached hydrogens (tertiary/aromatic N) is 6. The summed E-state index contributed by atoms with van der Waals surface area (Å²) in [5.41, 5.74) is 0.0155. The Morgan fingerprint density at radius 2 is 0.553 bits per heavy atom. The Labute approximate surface area is 322 Å². The predicted molar refractivity (Wildman–Crippen MR) is 198 cm³/mol. The summed E-state index contributed by atoms with van der Waals surface area (Å²) in [6, 6.07) is 0. The molecule has 0 spiro atoms. The van der Waals surface area contributed by atoms with Crippen molar-refractivity contribution >= 4 is 0 Å². The van der Waals surface area contributed by atoms with Crippen molar-refractivity contribution in [2.45, 2.75) is 105 Å². The molecule has 0 bridgehead atoms. The monoisotopic (exact) mass is 748 g/mol. The number of ether oxygens (including phenoxy) is 3. The van der Waals surface area contributed by atoms with Crippen LogP contribution in [0.1, 0.15) is 83.1 Å². The Morgan fingerprint density at radius 3 is 0.596 bits per heavy atom. The minimum atomic E-state index is 0. The van der Waals surface area contributed by atoms with Gasteiger partial charge in [0.1, 0.15) is 0 Å². The summed E-state index contributed by atoms with van der Waals surface area (Å²) >= 11 is 0. The first kappa shape index (κ1) is 68.7. The molecule has 0 saturated carbocycles. The Kier molecular flexibility index (Phi) is 73.3. The van der Waals surface area contributed by atoms with E-state index in [0.717, 1.165) is 0 Å². The average molecular weight is 749 g/mol. The summed E-state index contributed by atoms with van der Waals surface area (Å²) in [5.74, 6) is 0. The van der Waals surface area contributed by atoms with Gasteiger partial charge < -0.3 is 61.4 Å². The molecule has 0 fully saturated rings. The molecule has 0 aliphatic heterocycles. The molecule has 0 aromatic rings. The molecule has 12 nitrogen and oxygen atoms in total. The molecule has 0 rings (SSSR count). The molecule has 0 aromatic carbocycles. The van der Waals surface area contributed by atoms with Crippen LogP contribution in [0.3, 0.4) is 0 Å². The van der Waals surface area contributed by atoms with E-state index in [1.807, 2.05) is 0 Å². The van der Waals surface area contributed by atoms with Crippen LogP contribution in [0.4, 0.5) is 0 Å². The van der Waals surface area contributed by atoms with Crippen LogP contribution < -0.4 is 0 Å². The fourth-order valence-electron chi connectivity index (χ4n) is 1.30. The van der Waals surface area contributed by atoms with Crippen LogP contribution in [0.5, 0.6) is 0 Å². The maximum absolute atomic E-state index is 7.94. The molecule has 0 saturated heterocycles. The maximum Gasteiger partial charge on any atom is 4.00 e. The first-order chi connectivity index (χ1) is 20.5. The fourth-order valence-corrected chi connectivity index (χ4v) is 1.30. The first-order valence-electron chi connectivity index (χ1n) is 14.9. The predicted octanol–water partition coefficient (Wildman–Crippen LogP) is 7.71. The summed E-state index contributed by atoms with van der Waals surface area (Å²) in [4.78, 5) is 0. The molecule has 0 aliphatic carbocycles. The molecule has 0 radical (unpaired) electrons. The molecule has 282 valence electrons. The minimum absolute atomic E-state index is 0. The topological polar surface area (TPSA) is 173 Å². The standard InChI is InChI=1S/2C10H20N2.3C3H8O2.2C2H6N.2Ti/c2*1-9(2,3)11-7-8-12-10(4,5)6;3*1-5-3-2-4;2*1-3-2;;/h2*7-8H,1-6H3;3*4H,2-3H2,1H3;2*1-2H3;;/q2*-2;;;;2*-1;+2;+4. The Balaban J connectivity index is -0.0000000546. The Morgan fingerprint density at radius 1 is 0.426 bits per heavy atom. The van der Waals surface area contributed by atoms with E-state index in [4.69, 9.17) is 15.3 Å². The van der Waals surface area contributed by atoms with E-state index in [1.165, 1.54) is 0 Å². The summed E-state index contributed by atoms with van der Waals surface area (Å²) in [5, 5.41) is 48.0. The van der Waals surface area contributed by atoms with E-state index in [-0.39, 0.29) is 85.4 Å². The molecule has 14 heteroatoms. The smallest absolute Gasteiger partial charge is 0.687 e. The number of aliphatic hydroxyl groups is 3. The van der Waals surface area contributed by atoms with Crippen LogP contribution >= 0.6 is 0 Å². The quantitative estimate of drug-likeness (QED) is 0.193. The van der Waals surface area contributed by atoms with Gasteiger partial charge in [0.2, 0.25) is 0 Å². The van der Waals surface area contributed by atoms with Gasteiger partial charge in [-0.15, -0.1) is 22.2 Å². The van der Waals surface area contributed by atoms with Gasteiger partial charge in [0, 0.05) is 21.3 Å². The molecule has 0 aromatic heterocycles. The molecule has 0 unspecified atom stereocenters. The van der Waals surface area contributed by atoms with E-state index < -0.39 is 0 Å². The molecule has 47 heavy (non-hydrogen) atoms. The van der Waals surface area contributed by atoms with E-state index in [1.54, 1.807) is 74.3 Å². The van der Waals surface area contributed by atoms with Crippen LogP contribution in [0.25, 0.3) is 31.9 Å². The molecule has 0 aliphatic rings. The van der Waals surface area contributed by atoms with Crippen LogP contribution in [0.2, 0.25) is 0 Å². The van der Waals surface area contributed by atoms with Gasteiger partial charge in [-0.2, -0.15) is 28.2 Å². The van der Waals surface area contributed by atoms with Crippen LogP contribution in [0.15, 0.2) is 24.8 Å². The molecular weight excluding hydrogens is 672 g/mol. The SMILES string of the molecule is CC(C)(C)[N-]C=C[N-]C(C)(C)C.CC(C)(C)[N-]C=C[N-]C(C)(C)C.COCCO.COCCO.COCCO.C[N-]C.C[N-]C.[Ti+2].[Ti+4]. The zero-order valence-electron chi connectivity index (χ0n) is 33.8. The number of hydrogen-bond donors (Lipinski definition) is 3. The number of hydrogen-bond acceptors (Lipinski definition) is 6. The third kappa shape index (κ3) is 155. The molecule has 0 amide bonds. The number of aliphatic hydroxyl groups excluding tert-OH is 3. The van der Waals surface area contributed by atoms with Crippen molar-refractivity contribution in [3.05, 3.63) is 56.7 Å². The van der Waals surface area contributed by atoms with Crippen molar-refractivity contribution in [3.8, 4) is 0 Å². The van der Waals surface area contributed by atoms with Crippen molar-refractivity contribution in [1.82, 2.24) is 0 Å². The van der Waals surface area contributed by atoms with Crippen LogP contribution in [-0.2, 0) is 57.6 Å². The molecule has 0 atom stereocenters. The van der Waals surface area contributed by atoms with Crippen molar-refractivity contribution in [2.75, 3.05) is 89.2 Å². The fraction of sp³-hybridized carbons (Fsp3) is 0.879. The van der Waals surface area contributed by atoms with Crippen LogP contribution in [0, 0.1) is 0 Å². The maximum atomic E-state index is 7.94. The van der Waals surface area contributed by atoms with Gasteiger partial charge >= 0.3 is 43.4 Å². The average Bonchev–Trinajstić information content (AvgIpc) is 2.87. The van der Waals surface area contributed by atoms with Gasteiger partial charge in [0.15, 0.2) is 0 Å². The second kappa shape index (κ2) is 50.2. The summed E-state index contributed by atoms with van der Waals surface area (Å²) in [7, 11) is 11.7. The summed E-state index contributed by atoms with van der Waals surface area (Å²) in [6.45, 7) is 26.5. The summed E-state index contributed by atoms with van der Waals surface area (Å²) in [6.07, 6.45) is 7.08. The minimum Gasteiger partial charge on any atom is -0.687 e. The van der Waals surface area contributed by atoms with Gasteiger partial charge in [-0.05, 0) is 0 Å². The van der Waals surface area contributed by atoms with E-state index in [9.17, 15) is 0 Å². The van der Waals surface area contributed by atoms with Gasteiger partial charge in [-0.1, -0.05) is 83.1 Å². The summed E-state index contributed by atoms with van der Waals surface area (Å²) < 4.78 is 13.3. The van der Waals surface area contributed by atoms with Crippen molar-refractivity contribution < 1.29 is 73.0 Å². The van der Waals surface area contributed by atoms with E-state index >= 15 is 0 Å². The van der Waals surface area contributed by atoms with Gasteiger partial charge in [0.05, 0.1) is 39.6 Å².